The number of halogens is 5. The molecule has 0 atom stereocenters. The van der Waals surface area contributed by atoms with E-state index in [4.69, 9.17) is 0 Å². The summed E-state index contributed by atoms with van der Waals surface area (Å²) in [5.74, 6) is -5.46. The van der Waals surface area contributed by atoms with E-state index in [1.54, 1.807) is 0 Å². The molecule has 7 heteroatoms. The van der Waals surface area contributed by atoms with Gasteiger partial charge in [0, 0.05) is 0 Å². The summed E-state index contributed by atoms with van der Waals surface area (Å²) in [6.45, 7) is -1.59. The number of hydrogen-bond acceptors (Lipinski definition) is 2. The van der Waals surface area contributed by atoms with E-state index in [0.29, 0.717) is 0 Å². The molecule has 0 aliphatic heterocycles. The molecule has 0 heterocycles. The minimum absolute atomic E-state index is 0.179. The van der Waals surface area contributed by atoms with Gasteiger partial charge in [0.15, 0.2) is 12.9 Å². The zero-order valence-electron chi connectivity index (χ0n) is 8.30. The molecule has 0 saturated carbocycles. The van der Waals surface area contributed by atoms with E-state index in [0.717, 1.165) is 18.2 Å². The van der Waals surface area contributed by atoms with Crippen LogP contribution in [0.5, 0.6) is 5.75 Å². The summed E-state index contributed by atoms with van der Waals surface area (Å²) in [6.07, 6.45) is -3.69. The molecule has 0 N–H and O–H groups in total. The first kappa shape index (κ1) is 13.4. The molecule has 0 bridgehead atoms. The van der Waals surface area contributed by atoms with Crippen LogP contribution in [0, 0.1) is 5.82 Å². The molecular formula is C10H7F5O2. The van der Waals surface area contributed by atoms with Gasteiger partial charge in [-0.15, -0.1) is 0 Å². The smallest absolute Gasteiger partial charge is 0.340 e. The summed E-state index contributed by atoms with van der Waals surface area (Å²) in [5, 5.41) is 0. The van der Waals surface area contributed by atoms with Crippen LogP contribution in [-0.2, 0) is 0 Å². The molecule has 0 fully saturated rings. The minimum Gasteiger partial charge on any atom is -0.486 e. The molecule has 94 valence electrons. The topological polar surface area (TPSA) is 26.3 Å². The highest BCUT2D eigenvalue weighted by molar-refractivity contribution is 5.79. The zero-order valence-corrected chi connectivity index (χ0v) is 8.30. The van der Waals surface area contributed by atoms with Crippen LogP contribution >= 0.6 is 0 Å². The molecule has 0 aromatic heterocycles. The Hall–Kier alpha value is -1.66. The number of benzene rings is 1. The lowest BCUT2D eigenvalue weighted by Crippen LogP contribution is -2.33. The quantitative estimate of drug-likeness (QED) is 0.596. The van der Waals surface area contributed by atoms with Gasteiger partial charge in [0.25, 0.3) is 0 Å². The monoisotopic (exact) mass is 254 g/mol. The van der Waals surface area contributed by atoms with Gasteiger partial charge in [-0.2, -0.15) is 8.78 Å². The van der Waals surface area contributed by atoms with E-state index in [1.807, 2.05) is 0 Å². The molecule has 0 radical (unpaired) electrons. The van der Waals surface area contributed by atoms with Gasteiger partial charge in [-0.05, 0) is 18.2 Å². The van der Waals surface area contributed by atoms with Crippen molar-refractivity contribution in [1.82, 2.24) is 0 Å². The number of hydrogen-bond donors (Lipinski definition) is 0. The lowest BCUT2D eigenvalue weighted by atomic mass is 10.2. The average molecular weight is 254 g/mol. The second kappa shape index (κ2) is 5.11. The van der Waals surface area contributed by atoms with Gasteiger partial charge in [0.1, 0.15) is 11.6 Å². The summed E-state index contributed by atoms with van der Waals surface area (Å²) in [7, 11) is 0. The third-order valence-corrected chi connectivity index (χ3v) is 1.84. The lowest BCUT2D eigenvalue weighted by molar-refractivity contribution is -0.148. The number of alkyl halides is 4. The molecule has 0 aliphatic rings. The summed E-state index contributed by atoms with van der Waals surface area (Å²) in [6, 6.07) is 2.53. The van der Waals surface area contributed by atoms with Gasteiger partial charge in [-0.3, -0.25) is 4.79 Å². The maximum absolute atomic E-state index is 12.7. The molecule has 0 aliphatic carbocycles. The first-order valence-corrected chi connectivity index (χ1v) is 4.40. The molecule has 0 amide bonds. The van der Waals surface area contributed by atoms with Crippen LogP contribution in [0.2, 0.25) is 0 Å². The van der Waals surface area contributed by atoms with Crippen molar-refractivity contribution in [2.75, 3.05) is 6.61 Å². The number of ether oxygens (including phenoxy) is 1. The molecule has 0 unspecified atom stereocenters. The third kappa shape index (κ3) is 3.40. The van der Waals surface area contributed by atoms with Crippen LogP contribution in [0.1, 0.15) is 10.4 Å². The van der Waals surface area contributed by atoms with Crippen molar-refractivity contribution >= 4 is 6.29 Å². The first-order chi connectivity index (χ1) is 7.86. The van der Waals surface area contributed by atoms with Crippen LogP contribution in [-0.4, -0.2) is 25.2 Å². The van der Waals surface area contributed by atoms with Crippen molar-refractivity contribution in [2.45, 2.75) is 12.3 Å². The average Bonchev–Trinajstić information content (AvgIpc) is 2.27. The Morgan fingerprint density at radius 3 is 2.53 bits per heavy atom. The zero-order chi connectivity index (χ0) is 13.1. The van der Waals surface area contributed by atoms with Crippen molar-refractivity contribution in [3.05, 3.63) is 29.6 Å². The predicted octanol–water partition coefficient (Wildman–Crippen LogP) is 2.92. The predicted molar refractivity (Wildman–Crippen MR) is 48.2 cm³/mol. The van der Waals surface area contributed by atoms with Crippen LogP contribution in [0.15, 0.2) is 18.2 Å². The van der Waals surface area contributed by atoms with Gasteiger partial charge in [-0.1, -0.05) is 0 Å². The van der Waals surface area contributed by atoms with Crippen molar-refractivity contribution < 1.29 is 31.5 Å². The van der Waals surface area contributed by atoms with Crippen LogP contribution in [0.4, 0.5) is 22.0 Å². The number of carbonyl (C=O) groups is 1. The molecular weight excluding hydrogens is 247 g/mol. The van der Waals surface area contributed by atoms with Crippen LogP contribution in [0.25, 0.3) is 0 Å². The van der Waals surface area contributed by atoms with Gasteiger partial charge < -0.3 is 4.74 Å². The van der Waals surface area contributed by atoms with Crippen LogP contribution in [0.3, 0.4) is 0 Å². The normalized spacial score (nSPS) is 11.6. The molecule has 1 rings (SSSR count). The highest BCUT2D eigenvalue weighted by Crippen LogP contribution is 2.25. The van der Waals surface area contributed by atoms with E-state index in [-0.39, 0.29) is 17.6 Å². The van der Waals surface area contributed by atoms with E-state index in [2.05, 4.69) is 4.74 Å². The van der Waals surface area contributed by atoms with Crippen molar-refractivity contribution in [3.8, 4) is 5.75 Å². The first-order valence-electron chi connectivity index (χ1n) is 4.40. The highest BCUT2D eigenvalue weighted by Gasteiger charge is 2.41. The molecule has 1 aromatic carbocycles. The fraction of sp³-hybridized carbons (Fsp3) is 0.300. The van der Waals surface area contributed by atoms with Gasteiger partial charge in [0.05, 0.1) is 5.56 Å². The Balaban J connectivity index is 2.79. The SMILES string of the molecule is O=Cc1cc(F)ccc1OCC(F)(F)C(F)F. The fourth-order valence-electron chi connectivity index (χ4n) is 0.980. The Morgan fingerprint density at radius 1 is 1.35 bits per heavy atom. The van der Waals surface area contributed by atoms with Crippen molar-refractivity contribution in [3.63, 3.8) is 0 Å². The Morgan fingerprint density at radius 2 is 2.00 bits per heavy atom. The Kier molecular flexibility index (Phi) is 4.03. The summed E-state index contributed by atoms with van der Waals surface area (Å²) in [4.78, 5) is 10.5. The molecule has 0 saturated heterocycles. The molecule has 17 heavy (non-hydrogen) atoms. The van der Waals surface area contributed by atoms with E-state index >= 15 is 0 Å². The summed E-state index contributed by atoms with van der Waals surface area (Å²) >= 11 is 0. The summed E-state index contributed by atoms with van der Waals surface area (Å²) < 4.78 is 65.7. The van der Waals surface area contributed by atoms with Gasteiger partial charge >= 0.3 is 12.3 Å². The highest BCUT2D eigenvalue weighted by atomic mass is 19.3. The maximum Gasteiger partial charge on any atom is 0.340 e. The Labute approximate surface area is 93.0 Å². The van der Waals surface area contributed by atoms with Crippen LogP contribution < -0.4 is 4.74 Å². The standard InChI is InChI=1S/C10H7F5O2/c11-7-1-2-8(6(3-7)4-16)17-5-10(14,15)9(12)13/h1-4,9H,5H2. The van der Waals surface area contributed by atoms with E-state index in [1.165, 1.54) is 0 Å². The number of carbonyl (C=O) groups excluding carboxylic acids is 1. The number of aldehydes is 1. The molecule has 2 nitrogen and oxygen atoms in total. The van der Waals surface area contributed by atoms with Crippen molar-refractivity contribution in [1.29, 1.82) is 0 Å². The summed E-state index contributed by atoms with van der Waals surface area (Å²) in [5.41, 5.74) is -0.324. The van der Waals surface area contributed by atoms with Gasteiger partial charge in [-0.25, -0.2) is 13.2 Å². The Bertz CT molecular complexity index is 406. The lowest BCUT2D eigenvalue weighted by Gasteiger charge is -2.16. The van der Waals surface area contributed by atoms with Crippen molar-refractivity contribution in [2.24, 2.45) is 0 Å². The van der Waals surface area contributed by atoms with E-state index in [9.17, 15) is 26.7 Å². The second-order valence-corrected chi connectivity index (χ2v) is 3.15. The molecule has 1 aromatic rings. The molecule has 0 spiro atoms. The minimum atomic E-state index is -4.32. The largest absolute Gasteiger partial charge is 0.486 e. The second-order valence-electron chi connectivity index (χ2n) is 3.15. The van der Waals surface area contributed by atoms with Gasteiger partial charge in [0.2, 0.25) is 0 Å². The maximum atomic E-state index is 12.7. The van der Waals surface area contributed by atoms with E-state index < -0.39 is 24.8 Å². The third-order valence-electron chi connectivity index (χ3n) is 1.84. The fourth-order valence-corrected chi connectivity index (χ4v) is 0.980. The number of rotatable bonds is 5.